The zero-order valence-electron chi connectivity index (χ0n) is 12.0. The van der Waals surface area contributed by atoms with Crippen LogP contribution >= 0.6 is 47.0 Å². The van der Waals surface area contributed by atoms with Crippen molar-refractivity contribution in [1.82, 2.24) is 0 Å². The Morgan fingerprint density at radius 1 is 0.783 bits per heavy atom. The molecule has 4 aliphatic heterocycles. The van der Waals surface area contributed by atoms with Crippen LogP contribution in [0.4, 0.5) is 0 Å². The fourth-order valence-corrected chi connectivity index (χ4v) is 29.0. The molecule has 0 atom stereocenters. The molecule has 0 saturated heterocycles. The number of thioether (sulfide) groups is 4. The van der Waals surface area contributed by atoms with Crippen LogP contribution in [0.2, 0.25) is 0 Å². The summed E-state index contributed by atoms with van der Waals surface area (Å²) in [6.07, 6.45) is 9.19. The normalized spacial score (nSPS) is 23.9. The van der Waals surface area contributed by atoms with Crippen LogP contribution in [0, 0.1) is 0 Å². The first-order valence-electron chi connectivity index (χ1n) is 6.39. The van der Waals surface area contributed by atoms with Crippen LogP contribution in [-0.4, -0.2) is 87.3 Å². The molecule has 0 aromatic heterocycles. The molecule has 0 aliphatic carbocycles. The van der Waals surface area contributed by atoms with Gasteiger partial charge in [-0.3, -0.25) is 0 Å². The van der Waals surface area contributed by atoms with E-state index in [-0.39, 0.29) is 0 Å². The maximum atomic E-state index is 2.34. The quantitative estimate of drug-likeness (QED) is 0.406. The fourth-order valence-electron chi connectivity index (χ4n) is 1.86. The van der Waals surface area contributed by atoms with Crippen molar-refractivity contribution in [3.63, 3.8) is 0 Å². The van der Waals surface area contributed by atoms with E-state index < -0.39 is 0 Å². The van der Waals surface area contributed by atoms with Gasteiger partial charge in [-0.15, -0.1) is 0 Å². The van der Waals surface area contributed by atoms with Crippen molar-refractivity contribution >= 4 is 122 Å². The van der Waals surface area contributed by atoms with Gasteiger partial charge in [0.15, 0.2) is 0 Å². The molecule has 0 unspecified atom stereocenters. The zero-order valence-corrected chi connectivity index (χ0v) is 23.8. The summed E-state index contributed by atoms with van der Waals surface area (Å²) in [7, 11) is 0. The molecule has 0 amide bonds. The van der Waals surface area contributed by atoms with E-state index in [1.54, 1.807) is 19.5 Å². The van der Waals surface area contributed by atoms with Gasteiger partial charge in [0.2, 0.25) is 0 Å². The molecule has 0 spiro atoms. The van der Waals surface area contributed by atoms with E-state index in [0.29, 0.717) is 74.8 Å². The Balaban J connectivity index is 1.48. The summed E-state index contributed by atoms with van der Waals surface area (Å²) in [6, 6.07) is 0. The van der Waals surface area contributed by atoms with E-state index in [9.17, 15) is 0 Å². The molecule has 120 valence electrons. The van der Waals surface area contributed by atoms with Crippen molar-refractivity contribution in [2.75, 3.05) is 12.5 Å². The summed E-state index contributed by atoms with van der Waals surface area (Å²) in [5.41, 5.74) is 1.45. The van der Waals surface area contributed by atoms with E-state index >= 15 is 0 Å². The Morgan fingerprint density at radius 2 is 1.30 bits per heavy atom. The summed E-state index contributed by atoms with van der Waals surface area (Å²) in [5, 5.41) is 0. The van der Waals surface area contributed by atoms with Crippen LogP contribution in [0.3, 0.4) is 0 Å². The topological polar surface area (TPSA) is 0 Å². The molecule has 0 fully saturated rings. The van der Waals surface area contributed by atoms with E-state index in [4.69, 9.17) is 0 Å². The number of allylic oxidation sites excluding steroid dienone is 3. The molecule has 23 heavy (non-hydrogen) atoms. The van der Waals surface area contributed by atoms with Crippen molar-refractivity contribution < 1.29 is 0 Å². The van der Waals surface area contributed by atoms with Crippen LogP contribution in [0.1, 0.15) is 0 Å². The number of hydrogen-bond acceptors (Lipinski definition) is 4. The van der Waals surface area contributed by atoms with Gasteiger partial charge >= 0.3 is 188 Å². The van der Waals surface area contributed by atoms with Crippen LogP contribution in [0.5, 0.6) is 0 Å². The number of rotatable bonds is 2. The van der Waals surface area contributed by atoms with E-state index in [2.05, 4.69) is 58.1 Å². The van der Waals surface area contributed by atoms with Crippen molar-refractivity contribution in [3.05, 3.63) is 53.9 Å². The average molecular weight is 701 g/mol. The molecule has 0 aromatic rings. The van der Waals surface area contributed by atoms with Crippen LogP contribution < -0.4 is 0 Å². The first kappa shape index (κ1) is 18.8. The summed E-state index contributed by atoms with van der Waals surface area (Å²) < 4.78 is 12.2. The second-order valence-electron chi connectivity index (χ2n) is 4.23. The molecular weight excluding hydrogens is 691 g/mol. The monoisotopic (exact) mass is 706 g/mol. The Labute approximate surface area is 185 Å². The summed E-state index contributed by atoms with van der Waals surface area (Å²) in [5.74, 6) is 0. The average Bonchev–Trinajstić information content (AvgIpc) is 3.27. The molecule has 4 rings (SSSR count). The SMILES string of the molecule is CSC1=C(SC)[Se]C(=C2[Se]C3=C(SC(=C4C=C[Se]C=C4)S3)[Se]2)[Se]1. The van der Waals surface area contributed by atoms with Crippen LogP contribution in [-0.2, 0) is 0 Å². The molecule has 4 aliphatic rings. The van der Waals surface area contributed by atoms with Gasteiger partial charge in [0, 0.05) is 0 Å². The van der Waals surface area contributed by atoms with Gasteiger partial charge in [-0.25, -0.2) is 0 Å². The van der Waals surface area contributed by atoms with Crippen molar-refractivity contribution in [2.45, 2.75) is 0 Å². The second kappa shape index (κ2) is 8.63. The maximum absolute atomic E-state index is 2.34. The molecule has 0 radical (unpaired) electrons. The first-order chi connectivity index (χ1) is 11.3. The minimum atomic E-state index is 0.587. The van der Waals surface area contributed by atoms with Gasteiger partial charge in [0.05, 0.1) is 0 Å². The molecule has 0 saturated carbocycles. The molecule has 0 N–H and O–H groups in total. The molecule has 9 heteroatoms. The number of hydrogen-bond donors (Lipinski definition) is 0. The summed E-state index contributed by atoms with van der Waals surface area (Å²) in [4.78, 5) is 4.68. The zero-order chi connectivity index (χ0) is 15.8. The molecule has 0 nitrogen and oxygen atoms in total. The van der Waals surface area contributed by atoms with Crippen molar-refractivity contribution in [2.24, 2.45) is 0 Å². The van der Waals surface area contributed by atoms with Gasteiger partial charge < -0.3 is 0 Å². The van der Waals surface area contributed by atoms with Crippen LogP contribution in [0.25, 0.3) is 0 Å². The molecule has 0 aromatic carbocycles. The van der Waals surface area contributed by atoms with Crippen LogP contribution in [0.15, 0.2) is 53.9 Å². The van der Waals surface area contributed by atoms with E-state index in [1.165, 1.54) is 5.57 Å². The minimum absolute atomic E-state index is 0.587. The Morgan fingerprint density at radius 3 is 1.83 bits per heavy atom. The summed E-state index contributed by atoms with van der Waals surface area (Å²) >= 11 is 11.4. The predicted octanol–water partition coefficient (Wildman–Crippen LogP) is 3.37. The van der Waals surface area contributed by atoms with E-state index in [1.807, 2.05) is 30.3 Å². The Bertz CT molecular complexity index is 690. The van der Waals surface area contributed by atoms with Crippen molar-refractivity contribution in [1.29, 1.82) is 0 Å². The van der Waals surface area contributed by atoms with Gasteiger partial charge in [0.25, 0.3) is 0 Å². The Kier molecular flexibility index (Phi) is 7.05. The second-order valence-corrected chi connectivity index (χ2v) is 23.4. The van der Waals surface area contributed by atoms with Gasteiger partial charge in [0.1, 0.15) is 0 Å². The third kappa shape index (κ3) is 4.15. The van der Waals surface area contributed by atoms with Gasteiger partial charge in [-0.1, -0.05) is 0 Å². The molecule has 0 bridgehead atoms. The third-order valence-electron chi connectivity index (χ3n) is 2.87. The van der Waals surface area contributed by atoms with Crippen molar-refractivity contribution in [3.8, 4) is 0 Å². The van der Waals surface area contributed by atoms with Gasteiger partial charge in [-0.2, -0.15) is 0 Å². The fraction of sp³-hybridized carbons (Fsp3) is 0.143. The first-order valence-corrected chi connectivity index (χ1v) is 19.3. The standard InChI is InChI=1S/C14H10S4Se5/c1-15-9-10(16-2)21-13(20-9)14-22-11-12(23-14)18-8(17-11)7-3-5-19-6-4-7/h3-6H,1-2H3. The van der Waals surface area contributed by atoms with E-state index in [0.717, 1.165) is 0 Å². The Hall–Kier alpha value is 2.44. The van der Waals surface area contributed by atoms with Gasteiger partial charge in [-0.05, 0) is 0 Å². The predicted molar refractivity (Wildman–Crippen MR) is 117 cm³/mol. The molecule has 4 heterocycles. The molecular formula is C14H10S4Se5. The third-order valence-corrected chi connectivity index (χ3v) is 27.8. The summed E-state index contributed by atoms with van der Waals surface area (Å²) in [6.45, 7) is 0.